The van der Waals surface area contributed by atoms with Crippen LogP contribution in [-0.4, -0.2) is 27.4 Å². The second kappa shape index (κ2) is 9.42. The maximum atomic E-state index is 13.0. The zero-order valence-corrected chi connectivity index (χ0v) is 18.6. The van der Waals surface area contributed by atoms with Gasteiger partial charge in [-0.25, -0.2) is 4.99 Å². The summed E-state index contributed by atoms with van der Waals surface area (Å²) in [6.07, 6.45) is 2.49. The normalized spacial score (nSPS) is 16.3. The number of halogens is 1. The maximum Gasteiger partial charge on any atom is 0.269 e. The highest BCUT2D eigenvalue weighted by Crippen LogP contribution is 2.35. The third-order valence-electron chi connectivity index (χ3n) is 4.65. The lowest BCUT2D eigenvalue weighted by Gasteiger charge is -2.13. The molecule has 0 N–H and O–H groups in total. The van der Waals surface area contributed by atoms with Gasteiger partial charge in [-0.1, -0.05) is 18.5 Å². The van der Waals surface area contributed by atoms with Gasteiger partial charge in [-0.3, -0.25) is 19.8 Å². The fourth-order valence-corrected chi connectivity index (χ4v) is 4.23. The van der Waals surface area contributed by atoms with E-state index in [4.69, 9.17) is 16.0 Å². The number of amides is 1. The Balaban J connectivity index is 1.59. The smallest absolute Gasteiger partial charge is 0.269 e. The van der Waals surface area contributed by atoms with Crippen molar-refractivity contribution >= 4 is 51.9 Å². The van der Waals surface area contributed by atoms with E-state index in [9.17, 15) is 14.9 Å². The van der Waals surface area contributed by atoms with Crippen molar-refractivity contribution in [2.24, 2.45) is 4.99 Å². The maximum absolute atomic E-state index is 13.0. The number of rotatable bonds is 6. The summed E-state index contributed by atoms with van der Waals surface area (Å²) >= 11 is 7.23. The van der Waals surface area contributed by atoms with Crippen LogP contribution in [0.4, 0.5) is 11.4 Å². The summed E-state index contributed by atoms with van der Waals surface area (Å²) in [5.41, 5.74) is 1.44. The Bertz CT molecular complexity index is 1220. The van der Waals surface area contributed by atoms with Gasteiger partial charge in [0.1, 0.15) is 11.5 Å². The van der Waals surface area contributed by atoms with E-state index in [-0.39, 0.29) is 11.6 Å². The van der Waals surface area contributed by atoms with Crippen molar-refractivity contribution in [3.8, 4) is 11.3 Å². The highest BCUT2D eigenvalue weighted by molar-refractivity contribution is 8.18. The van der Waals surface area contributed by atoms with Crippen LogP contribution in [0.15, 0.2) is 75.0 Å². The summed E-state index contributed by atoms with van der Waals surface area (Å²) < 4.78 is 5.86. The van der Waals surface area contributed by atoms with Crippen molar-refractivity contribution in [3.05, 3.63) is 86.5 Å². The summed E-state index contributed by atoms with van der Waals surface area (Å²) in [5, 5.41) is 12.1. The predicted molar refractivity (Wildman–Crippen MR) is 127 cm³/mol. The topological polar surface area (TPSA) is 89.0 Å². The van der Waals surface area contributed by atoms with Gasteiger partial charge in [0.15, 0.2) is 5.17 Å². The average Bonchev–Trinajstić information content (AvgIpc) is 3.36. The Morgan fingerprint density at radius 1 is 1.12 bits per heavy atom. The van der Waals surface area contributed by atoms with Gasteiger partial charge >= 0.3 is 0 Å². The molecule has 1 aromatic heterocycles. The third-order valence-corrected chi connectivity index (χ3v) is 5.91. The second-order valence-corrected chi connectivity index (χ2v) is 8.39. The van der Waals surface area contributed by atoms with E-state index in [1.807, 2.05) is 6.92 Å². The Morgan fingerprint density at radius 3 is 2.50 bits per heavy atom. The van der Waals surface area contributed by atoms with Crippen LogP contribution in [0.5, 0.6) is 0 Å². The molecule has 1 aliphatic rings. The third kappa shape index (κ3) is 4.76. The number of furan rings is 1. The van der Waals surface area contributed by atoms with Crippen LogP contribution in [0.3, 0.4) is 0 Å². The van der Waals surface area contributed by atoms with E-state index in [1.54, 1.807) is 59.5 Å². The van der Waals surface area contributed by atoms with Gasteiger partial charge in [0, 0.05) is 35.3 Å². The number of hydrogen-bond acceptors (Lipinski definition) is 6. The molecular weight excluding hydrogens is 450 g/mol. The van der Waals surface area contributed by atoms with Crippen LogP contribution >= 0.6 is 23.4 Å². The number of carbonyl (C=O) groups is 1. The molecule has 0 saturated carbocycles. The van der Waals surface area contributed by atoms with E-state index < -0.39 is 4.92 Å². The largest absolute Gasteiger partial charge is 0.457 e. The van der Waals surface area contributed by atoms with Gasteiger partial charge < -0.3 is 4.42 Å². The highest BCUT2D eigenvalue weighted by Gasteiger charge is 2.33. The summed E-state index contributed by atoms with van der Waals surface area (Å²) in [6.45, 7) is 2.56. The van der Waals surface area contributed by atoms with E-state index >= 15 is 0 Å². The number of hydrogen-bond donors (Lipinski definition) is 0. The molecule has 0 spiro atoms. The molecule has 0 bridgehead atoms. The van der Waals surface area contributed by atoms with Crippen LogP contribution in [0.25, 0.3) is 17.4 Å². The molecule has 9 heteroatoms. The average molecular weight is 468 g/mol. The summed E-state index contributed by atoms with van der Waals surface area (Å²) in [6, 6.07) is 16.7. The molecule has 4 rings (SSSR count). The molecule has 32 heavy (non-hydrogen) atoms. The molecule has 3 aromatic rings. The number of thioether (sulfide) groups is 1. The van der Waals surface area contributed by atoms with Crippen LogP contribution in [0.2, 0.25) is 5.02 Å². The molecule has 0 unspecified atom stereocenters. The van der Waals surface area contributed by atoms with Crippen LogP contribution in [-0.2, 0) is 4.79 Å². The molecule has 1 amide bonds. The Hall–Kier alpha value is -3.36. The zero-order chi connectivity index (χ0) is 22.7. The first-order chi connectivity index (χ1) is 15.4. The summed E-state index contributed by atoms with van der Waals surface area (Å²) in [5.74, 6) is 0.943. The molecule has 1 fully saturated rings. The van der Waals surface area contributed by atoms with E-state index in [1.165, 1.54) is 23.9 Å². The quantitative estimate of drug-likeness (QED) is 0.234. The van der Waals surface area contributed by atoms with E-state index in [2.05, 4.69) is 4.99 Å². The fourth-order valence-electron chi connectivity index (χ4n) is 3.10. The fraction of sp³-hybridized carbons (Fsp3) is 0.130. The van der Waals surface area contributed by atoms with Crippen molar-refractivity contribution in [1.82, 2.24) is 4.90 Å². The minimum Gasteiger partial charge on any atom is -0.457 e. The van der Waals surface area contributed by atoms with Crippen molar-refractivity contribution < 1.29 is 14.1 Å². The molecule has 0 aliphatic carbocycles. The van der Waals surface area contributed by atoms with Gasteiger partial charge in [0.25, 0.3) is 11.6 Å². The van der Waals surface area contributed by atoms with Gasteiger partial charge in [-0.2, -0.15) is 0 Å². The van der Waals surface area contributed by atoms with Crippen molar-refractivity contribution in [3.63, 3.8) is 0 Å². The first kappa shape index (κ1) is 21.9. The lowest BCUT2D eigenvalue weighted by molar-refractivity contribution is -0.384. The van der Waals surface area contributed by atoms with Crippen LogP contribution < -0.4 is 0 Å². The minimum atomic E-state index is -0.448. The van der Waals surface area contributed by atoms with E-state index in [0.29, 0.717) is 44.4 Å². The molecule has 0 atom stereocenters. The number of nitrogens with zero attached hydrogens (tertiary/aromatic N) is 3. The molecular formula is C23H18ClN3O4S. The SMILES string of the molecule is CCCN1C(=O)/C(=C/c2ccc(-c3ccc([N+](=O)[O-])cc3)o2)SC1=Nc1ccc(Cl)cc1. The van der Waals surface area contributed by atoms with Gasteiger partial charge in [-0.05, 0) is 66.7 Å². The van der Waals surface area contributed by atoms with Gasteiger partial charge in [0.05, 0.1) is 15.5 Å². The molecule has 2 heterocycles. The molecule has 162 valence electrons. The predicted octanol–water partition coefficient (Wildman–Crippen LogP) is 6.52. The number of carbonyl (C=O) groups excluding carboxylic acids is 1. The number of aliphatic imine (C=N–C) groups is 1. The first-order valence-corrected chi connectivity index (χ1v) is 11.0. The Morgan fingerprint density at radius 2 is 1.84 bits per heavy atom. The number of benzene rings is 2. The highest BCUT2D eigenvalue weighted by atomic mass is 35.5. The monoisotopic (exact) mass is 467 g/mol. The lowest BCUT2D eigenvalue weighted by atomic mass is 10.1. The van der Waals surface area contributed by atoms with Crippen molar-refractivity contribution in [1.29, 1.82) is 0 Å². The van der Waals surface area contributed by atoms with Crippen molar-refractivity contribution in [2.75, 3.05) is 6.54 Å². The van der Waals surface area contributed by atoms with Gasteiger partial charge in [0.2, 0.25) is 0 Å². The summed E-state index contributed by atoms with van der Waals surface area (Å²) in [7, 11) is 0. The zero-order valence-electron chi connectivity index (χ0n) is 17.0. The Labute approximate surface area is 193 Å². The molecule has 0 radical (unpaired) electrons. The number of nitro groups is 1. The minimum absolute atomic E-state index is 0.0131. The molecule has 7 nitrogen and oxygen atoms in total. The molecule has 1 aliphatic heterocycles. The number of non-ortho nitro benzene ring substituents is 1. The first-order valence-electron chi connectivity index (χ1n) is 9.85. The van der Waals surface area contributed by atoms with E-state index in [0.717, 1.165) is 6.42 Å². The summed E-state index contributed by atoms with van der Waals surface area (Å²) in [4.78, 5) is 30.1. The lowest BCUT2D eigenvalue weighted by Crippen LogP contribution is -2.29. The number of nitro benzene ring substituents is 1. The van der Waals surface area contributed by atoms with Crippen LogP contribution in [0, 0.1) is 10.1 Å². The second-order valence-electron chi connectivity index (χ2n) is 6.94. The Kier molecular flexibility index (Phi) is 6.43. The van der Waals surface area contributed by atoms with Crippen molar-refractivity contribution in [2.45, 2.75) is 13.3 Å². The van der Waals surface area contributed by atoms with Gasteiger partial charge in [-0.15, -0.1) is 0 Å². The molecule has 2 aromatic carbocycles. The van der Waals surface area contributed by atoms with Crippen LogP contribution in [0.1, 0.15) is 19.1 Å². The standard InChI is InChI=1S/C23H18ClN3O4S/c1-2-13-26-22(28)21(32-23(26)25-17-7-5-16(24)6-8-17)14-19-11-12-20(31-19)15-3-9-18(10-4-15)27(29)30/h3-12,14H,2,13H2,1H3/b21-14-,25-23?. The number of amidine groups is 1. The molecule has 1 saturated heterocycles.